The average Bonchev–Trinajstić information content (AvgIpc) is 3.70. The lowest BCUT2D eigenvalue weighted by Gasteiger charge is -2.44. The van der Waals surface area contributed by atoms with Crippen LogP contribution >= 0.6 is 0 Å². The number of carbonyl (C=O) groups is 1. The molecule has 1 amide bonds. The van der Waals surface area contributed by atoms with Gasteiger partial charge in [-0.1, -0.05) is 91.4 Å². The quantitative estimate of drug-likeness (QED) is 0.211. The lowest BCUT2D eigenvalue weighted by molar-refractivity contribution is -0.136. The van der Waals surface area contributed by atoms with Gasteiger partial charge in [0.15, 0.2) is 0 Å². The van der Waals surface area contributed by atoms with Crippen molar-refractivity contribution in [2.75, 3.05) is 26.7 Å². The number of likely N-dealkylation sites (N-methyl/N-ethyl adjacent to an activating group) is 1. The summed E-state index contributed by atoms with van der Waals surface area (Å²) in [6, 6.07) is 30.1. The number of para-hydroxylation sites is 2. The number of allylic oxidation sites excluding steroid dienone is 1. The van der Waals surface area contributed by atoms with Crippen LogP contribution in [0.2, 0.25) is 0 Å². The molecule has 2 atom stereocenters. The number of imidazole rings is 1. The van der Waals surface area contributed by atoms with Crippen molar-refractivity contribution in [1.82, 2.24) is 19.8 Å². The molecule has 2 unspecified atom stereocenters. The molecule has 0 bridgehead atoms. The Bertz CT molecular complexity index is 1470. The highest BCUT2D eigenvalue weighted by Gasteiger charge is 2.38. The van der Waals surface area contributed by atoms with Crippen molar-refractivity contribution in [3.05, 3.63) is 114 Å². The third kappa shape index (κ3) is 7.68. The highest BCUT2D eigenvalue weighted by molar-refractivity contribution is 5.79. The molecule has 1 aliphatic carbocycles. The number of H-pyrrole nitrogens is 1. The molecule has 1 aromatic heterocycles. The number of aromatic nitrogens is 2. The van der Waals surface area contributed by atoms with Gasteiger partial charge in [-0.15, -0.1) is 0 Å². The van der Waals surface area contributed by atoms with Crippen molar-refractivity contribution in [1.29, 1.82) is 0 Å². The minimum Gasteiger partial charge on any atom is -0.342 e. The van der Waals surface area contributed by atoms with Crippen molar-refractivity contribution in [2.45, 2.75) is 77.2 Å². The van der Waals surface area contributed by atoms with Gasteiger partial charge in [-0.3, -0.25) is 9.69 Å². The third-order valence-corrected chi connectivity index (χ3v) is 9.95. The summed E-state index contributed by atoms with van der Waals surface area (Å²) in [5.41, 5.74) is 6.62. The number of carbonyl (C=O) groups excluding carboxylic acids is 1. The predicted octanol–water partition coefficient (Wildman–Crippen LogP) is 8.12. The topological polar surface area (TPSA) is 52.2 Å². The van der Waals surface area contributed by atoms with Gasteiger partial charge in [-0.25, -0.2) is 4.98 Å². The van der Waals surface area contributed by atoms with Gasteiger partial charge in [0.1, 0.15) is 5.82 Å². The van der Waals surface area contributed by atoms with Crippen molar-refractivity contribution < 1.29 is 4.79 Å². The number of amides is 1. The number of aromatic amines is 1. The molecule has 0 radical (unpaired) electrons. The zero-order chi connectivity index (χ0) is 30.9. The van der Waals surface area contributed by atoms with E-state index in [1.54, 1.807) is 5.57 Å². The highest BCUT2D eigenvalue weighted by Crippen LogP contribution is 2.40. The Morgan fingerprint density at radius 3 is 2.36 bits per heavy atom. The summed E-state index contributed by atoms with van der Waals surface area (Å²) >= 11 is 0. The van der Waals surface area contributed by atoms with Gasteiger partial charge in [0.25, 0.3) is 0 Å². The summed E-state index contributed by atoms with van der Waals surface area (Å²) in [5, 5.41) is 0. The van der Waals surface area contributed by atoms with Crippen LogP contribution < -0.4 is 0 Å². The van der Waals surface area contributed by atoms with Crippen LogP contribution in [0.25, 0.3) is 11.0 Å². The summed E-state index contributed by atoms with van der Waals surface area (Å²) in [5.74, 6) is 1.31. The monoisotopic (exact) mass is 590 g/mol. The van der Waals surface area contributed by atoms with E-state index in [2.05, 4.69) is 101 Å². The zero-order valence-corrected chi connectivity index (χ0v) is 27.1. The third-order valence-electron chi connectivity index (χ3n) is 9.95. The Hall–Kier alpha value is -3.70. The summed E-state index contributed by atoms with van der Waals surface area (Å²) < 4.78 is 0. The number of piperidine rings is 1. The second kappa shape index (κ2) is 14.9. The molecule has 1 saturated heterocycles. The van der Waals surface area contributed by atoms with E-state index in [1.165, 1.54) is 30.4 Å². The molecule has 44 heavy (non-hydrogen) atoms. The van der Waals surface area contributed by atoms with Crippen molar-refractivity contribution in [3.63, 3.8) is 0 Å². The van der Waals surface area contributed by atoms with E-state index >= 15 is 0 Å². The number of fused-ring (bicyclic) bond motifs is 1. The highest BCUT2D eigenvalue weighted by atomic mass is 16.2. The average molecular weight is 591 g/mol. The molecule has 5 heteroatoms. The number of nitrogens with one attached hydrogen (secondary N) is 1. The van der Waals surface area contributed by atoms with Crippen molar-refractivity contribution >= 4 is 16.9 Å². The van der Waals surface area contributed by atoms with Gasteiger partial charge in [0.2, 0.25) is 5.91 Å². The Morgan fingerprint density at radius 2 is 1.68 bits per heavy atom. The number of hydrogen-bond donors (Lipinski definition) is 1. The maximum atomic E-state index is 13.3. The second-order valence-electron chi connectivity index (χ2n) is 12.9. The lowest BCUT2D eigenvalue weighted by atomic mass is 9.70. The van der Waals surface area contributed by atoms with Gasteiger partial charge >= 0.3 is 0 Å². The first kappa shape index (κ1) is 31.7. The Morgan fingerprint density at radius 1 is 1.02 bits per heavy atom. The number of aryl methyl sites for hydroxylation is 1. The molecule has 3 aromatic carbocycles. The SMILES string of the molecule is CC=C1CCCC1N(C)CCC1(c2ccccc2)CCN(C(=O)C(C)Cc2ccccc2)CC1.Cc1nc2ccccc2[nH]1. The maximum Gasteiger partial charge on any atom is 0.225 e. The van der Waals surface area contributed by atoms with E-state index in [4.69, 9.17) is 0 Å². The first-order chi connectivity index (χ1) is 21.4. The van der Waals surface area contributed by atoms with E-state index in [1.807, 2.05) is 37.3 Å². The Labute approximate surface area is 264 Å². The fourth-order valence-electron chi connectivity index (χ4n) is 7.31. The van der Waals surface area contributed by atoms with Crippen LogP contribution in [-0.4, -0.2) is 58.4 Å². The molecule has 0 spiro atoms. The van der Waals surface area contributed by atoms with Crippen LogP contribution in [0, 0.1) is 12.8 Å². The molecular formula is C39H50N4O. The molecule has 2 heterocycles. The number of hydrogen-bond acceptors (Lipinski definition) is 3. The van der Waals surface area contributed by atoms with Gasteiger partial charge in [-0.05, 0) is 101 Å². The van der Waals surface area contributed by atoms with E-state index in [9.17, 15) is 4.79 Å². The minimum atomic E-state index is 0.0272. The van der Waals surface area contributed by atoms with Crippen LogP contribution in [0.15, 0.2) is 96.6 Å². The molecule has 5 nitrogen and oxygen atoms in total. The van der Waals surface area contributed by atoms with Gasteiger partial charge in [0.05, 0.1) is 11.0 Å². The second-order valence-corrected chi connectivity index (χ2v) is 12.9. The lowest BCUT2D eigenvalue weighted by Crippen LogP contribution is -2.48. The van der Waals surface area contributed by atoms with E-state index in [0.717, 1.165) is 62.2 Å². The first-order valence-electron chi connectivity index (χ1n) is 16.5. The summed E-state index contributed by atoms with van der Waals surface area (Å²) in [4.78, 5) is 25.4. The fraction of sp³-hybridized carbons (Fsp3) is 0.436. The van der Waals surface area contributed by atoms with Crippen LogP contribution in [0.3, 0.4) is 0 Å². The Balaban J connectivity index is 0.000000322. The summed E-state index contributed by atoms with van der Waals surface area (Å²) in [6.45, 7) is 9.07. The number of nitrogens with zero attached hydrogens (tertiary/aromatic N) is 3. The van der Waals surface area contributed by atoms with Gasteiger partial charge in [0, 0.05) is 25.0 Å². The normalized spacial score (nSPS) is 19.6. The Kier molecular flexibility index (Phi) is 10.7. The molecule has 4 aromatic rings. The predicted molar refractivity (Wildman–Crippen MR) is 183 cm³/mol. The number of rotatable bonds is 8. The fourth-order valence-corrected chi connectivity index (χ4v) is 7.31. The zero-order valence-electron chi connectivity index (χ0n) is 27.1. The summed E-state index contributed by atoms with van der Waals surface area (Å²) in [7, 11) is 2.31. The van der Waals surface area contributed by atoms with Gasteiger partial charge in [-0.2, -0.15) is 0 Å². The number of likely N-dealkylation sites (tertiary alicyclic amines) is 1. The van der Waals surface area contributed by atoms with Crippen molar-refractivity contribution in [2.24, 2.45) is 5.92 Å². The van der Waals surface area contributed by atoms with Crippen molar-refractivity contribution in [3.8, 4) is 0 Å². The molecule has 2 aliphatic rings. The van der Waals surface area contributed by atoms with E-state index in [0.29, 0.717) is 11.9 Å². The maximum absolute atomic E-state index is 13.3. The number of benzene rings is 3. The first-order valence-corrected chi connectivity index (χ1v) is 16.5. The molecule has 1 saturated carbocycles. The van der Waals surface area contributed by atoms with E-state index < -0.39 is 0 Å². The molecule has 1 N–H and O–H groups in total. The minimum absolute atomic E-state index is 0.0272. The summed E-state index contributed by atoms with van der Waals surface area (Å²) in [6.07, 6.45) is 10.3. The standard InChI is InChI=1S/C31H42N2O.C8H8N2/c1-4-27-14-11-17-29(27)32(3)21-18-31(28-15-9-6-10-16-28)19-22-33(23-20-31)30(34)25(2)24-26-12-7-5-8-13-26;1-6-9-7-4-2-3-5-8(7)10-6/h4-10,12-13,15-16,25,29H,11,14,17-24H2,1-3H3;2-5H,1H3,(H,9,10). The molecule has 1 aliphatic heterocycles. The molecule has 232 valence electrons. The molecule has 2 fully saturated rings. The van der Waals surface area contributed by atoms with Crippen LogP contribution in [0.1, 0.15) is 69.3 Å². The van der Waals surface area contributed by atoms with E-state index in [-0.39, 0.29) is 11.3 Å². The largest absolute Gasteiger partial charge is 0.342 e. The van der Waals surface area contributed by atoms with Gasteiger partial charge < -0.3 is 9.88 Å². The van der Waals surface area contributed by atoms with Crippen LogP contribution in [-0.2, 0) is 16.6 Å². The van der Waals surface area contributed by atoms with Crippen LogP contribution in [0.5, 0.6) is 0 Å². The molecular weight excluding hydrogens is 540 g/mol. The van der Waals surface area contributed by atoms with Crippen LogP contribution in [0.4, 0.5) is 0 Å². The smallest absolute Gasteiger partial charge is 0.225 e. The molecule has 6 rings (SSSR count).